The maximum atomic E-state index is 13.0. The Bertz CT molecular complexity index is 1110. The van der Waals surface area contributed by atoms with Crippen LogP contribution < -0.4 is 15.8 Å². The predicted octanol–water partition coefficient (Wildman–Crippen LogP) is 1.14. The minimum Gasteiger partial charge on any atom is -0.488 e. The summed E-state index contributed by atoms with van der Waals surface area (Å²) in [6.07, 6.45) is 3.36. The third kappa shape index (κ3) is 5.36. The first kappa shape index (κ1) is 24.3. The third-order valence-corrected chi connectivity index (χ3v) is 6.92. The van der Waals surface area contributed by atoms with Crippen LogP contribution in [-0.4, -0.2) is 109 Å². The van der Waals surface area contributed by atoms with Crippen molar-refractivity contribution in [3.63, 3.8) is 0 Å². The molecule has 36 heavy (non-hydrogen) atoms. The number of amidine groups is 1. The molecule has 0 spiro atoms. The molecular formula is C25H34N8O3. The molecule has 0 saturated carbocycles. The van der Waals surface area contributed by atoms with Gasteiger partial charge in [-0.3, -0.25) is 9.79 Å². The average molecular weight is 495 g/mol. The van der Waals surface area contributed by atoms with E-state index in [2.05, 4.69) is 32.2 Å². The van der Waals surface area contributed by atoms with Crippen LogP contribution in [0.2, 0.25) is 0 Å². The molecule has 1 amide bonds. The van der Waals surface area contributed by atoms with E-state index in [0.717, 1.165) is 37.2 Å². The topological polar surface area (TPSA) is 121 Å². The van der Waals surface area contributed by atoms with Crippen LogP contribution in [0.5, 0.6) is 5.75 Å². The molecule has 0 radical (unpaired) electrons. The first-order chi connectivity index (χ1) is 17.5. The molecular weight excluding hydrogens is 460 g/mol. The first-order valence-electron chi connectivity index (χ1n) is 12.5. The van der Waals surface area contributed by atoms with Gasteiger partial charge in [0.1, 0.15) is 18.0 Å². The van der Waals surface area contributed by atoms with Crippen LogP contribution in [0.4, 0.5) is 11.6 Å². The van der Waals surface area contributed by atoms with E-state index in [9.17, 15) is 4.79 Å². The second-order valence-electron chi connectivity index (χ2n) is 9.48. The van der Waals surface area contributed by atoms with Crippen LogP contribution in [0.1, 0.15) is 12.8 Å². The number of nitrogens with zero attached hydrogens (tertiary/aromatic N) is 6. The van der Waals surface area contributed by atoms with Gasteiger partial charge in [-0.25, -0.2) is 9.97 Å². The Morgan fingerprint density at radius 1 is 1.14 bits per heavy atom. The zero-order valence-corrected chi connectivity index (χ0v) is 20.9. The number of aliphatic imine (C=N–C) groups is 1. The summed E-state index contributed by atoms with van der Waals surface area (Å²) in [7, 11) is 3.94. The van der Waals surface area contributed by atoms with E-state index in [1.807, 2.05) is 41.1 Å². The number of aromatic nitrogens is 2. The SMILES string of the molecule is CN1CCN(C(=O)C2=NCC(Nc3nccc(-c4ccc(OC5CCOCC5)c(N)c4)n3)N2C)CC1. The lowest BCUT2D eigenvalue weighted by atomic mass is 10.1. The number of anilines is 2. The largest absolute Gasteiger partial charge is 0.488 e. The van der Waals surface area contributed by atoms with Crippen molar-refractivity contribution in [1.29, 1.82) is 0 Å². The predicted molar refractivity (Wildman–Crippen MR) is 138 cm³/mol. The van der Waals surface area contributed by atoms with Gasteiger partial charge in [-0.1, -0.05) is 0 Å². The number of hydrogen-bond acceptors (Lipinski definition) is 10. The fourth-order valence-corrected chi connectivity index (χ4v) is 4.59. The van der Waals surface area contributed by atoms with Crippen LogP contribution in [0, 0.1) is 0 Å². The van der Waals surface area contributed by atoms with Crippen LogP contribution in [0.3, 0.4) is 0 Å². The number of piperazine rings is 1. The molecule has 4 heterocycles. The zero-order valence-electron chi connectivity index (χ0n) is 20.9. The molecule has 3 N–H and O–H groups in total. The van der Waals surface area contributed by atoms with Crippen LogP contribution in [0.15, 0.2) is 35.5 Å². The molecule has 1 aromatic carbocycles. The Kier molecular flexibility index (Phi) is 7.19. The average Bonchev–Trinajstić information content (AvgIpc) is 3.25. The van der Waals surface area contributed by atoms with Crippen molar-refractivity contribution in [1.82, 2.24) is 24.7 Å². The summed E-state index contributed by atoms with van der Waals surface area (Å²) in [5.41, 5.74) is 8.49. The van der Waals surface area contributed by atoms with Gasteiger partial charge in [-0.15, -0.1) is 0 Å². The van der Waals surface area contributed by atoms with Crippen LogP contribution >= 0.6 is 0 Å². The first-order valence-corrected chi connectivity index (χ1v) is 12.5. The molecule has 11 heteroatoms. The summed E-state index contributed by atoms with van der Waals surface area (Å²) < 4.78 is 11.5. The summed E-state index contributed by atoms with van der Waals surface area (Å²) in [4.78, 5) is 32.5. The minimum atomic E-state index is -0.202. The third-order valence-electron chi connectivity index (χ3n) is 6.92. The van der Waals surface area contributed by atoms with E-state index in [-0.39, 0.29) is 18.2 Å². The zero-order chi connectivity index (χ0) is 25.1. The lowest BCUT2D eigenvalue weighted by Crippen LogP contribution is -2.52. The Morgan fingerprint density at radius 2 is 1.92 bits per heavy atom. The number of rotatable bonds is 6. The van der Waals surface area contributed by atoms with Crippen molar-refractivity contribution in [2.75, 3.05) is 71.1 Å². The van der Waals surface area contributed by atoms with Gasteiger partial charge in [-0.05, 0) is 31.3 Å². The van der Waals surface area contributed by atoms with Crippen molar-refractivity contribution in [2.24, 2.45) is 4.99 Å². The van der Waals surface area contributed by atoms with Gasteiger partial charge in [-0.2, -0.15) is 0 Å². The van der Waals surface area contributed by atoms with E-state index in [1.165, 1.54) is 0 Å². The molecule has 192 valence electrons. The van der Waals surface area contributed by atoms with Crippen LogP contribution in [-0.2, 0) is 9.53 Å². The number of nitrogens with two attached hydrogens (primary N) is 1. The number of ether oxygens (including phenoxy) is 2. The quantitative estimate of drug-likeness (QED) is 0.569. The molecule has 2 saturated heterocycles. The highest BCUT2D eigenvalue weighted by molar-refractivity contribution is 6.38. The van der Waals surface area contributed by atoms with Gasteiger partial charge in [0.2, 0.25) is 5.95 Å². The van der Waals surface area contributed by atoms with E-state index >= 15 is 0 Å². The molecule has 1 atom stereocenters. The molecule has 0 bridgehead atoms. The van der Waals surface area contributed by atoms with Gasteiger partial charge >= 0.3 is 0 Å². The fourth-order valence-electron chi connectivity index (χ4n) is 4.59. The van der Waals surface area contributed by atoms with E-state index < -0.39 is 0 Å². The fraction of sp³-hybridized carbons (Fsp3) is 0.520. The second kappa shape index (κ2) is 10.7. The highest BCUT2D eigenvalue weighted by Gasteiger charge is 2.33. The molecule has 3 aliphatic heterocycles. The Balaban J connectivity index is 1.22. The Morgan fingerprint density at radius 3 is 2.67 bits per heavy atom. The smallest absolute Gasteiger partial charge is 0.289 e. The molecule has 11 nitrogen and oxygen atoms in total. The number of carbonyl (C=O) groups excluding carboxylic acids is 1. The van der Waals surface area contributed by atoms with E-state index in [0.29, 0.717) is 56.1 Å². The maximum absolute atomic E-state index is 13.0. The maximum Gasteiger partial charge on any atom is 0.289 e. The van der Waals surface area contributed by atoms with E-state index in [4.69, 9.17) is 15.2 Å². The van der Waals surface area contributed by atoms with Crippen LogP contribution in [0.25, 0.3) is 11.3 Å². The van der Waals surface area contributed by atoms with Gasteiger partial charge in [0, 0.05) is 57.8 Å². The summed E-state index contributed by atoms with van der Waals surface area (Å²) in [6, 6.07) is 7.56. The second-order valence-corrected chi connectivity index (χ2v) is 9.48. The van der Waals surface area contributed by atoms with Gasteiger partial charge in [0.25, 0.3) is 5.91 Å². The molecule has 1 unspecified atom stereocenters. The summed E-state index contributed by atoms with van der Waals surface area (Å²) >= 11 is 0. The van der Waals surface area contributed by atoms with Crippen molar-refractivity contribution < 1.29 is 14.3 Å². The molecule has 0 aliphatic carbocycles. The molecule has 1 aromatic heterocycles. The summed E-state index contributed by atoms with van der Waals surface area (Å²) in [5.74, 6) is 1.60. The van der Waals surface area contributed by atoms with Crippen molar-refractivity contribution in [3.05, 3.63) is 30.5 Å². The highest BCUT2D eigenvalue weighted by atomic mass is 16.5. The Labute approximate surface area is 211 Å². The number of amides is 1. The number of nitrogen functional groups attached to an aromatic ring is 1. The lowest BCUT2D eigenvalue weighted by Gasteiger charge is -2.33. The summed E-state index contributed by atoms with van der Waals surface area (Å²) in [6.45, 7) is 5.06. The van der Waals surface area contributed by atoms with Crippen molar-refractivity contribution in [3.8, 4) is 17.0 Å². The number of benzene rings is 1. The lowest BCUT2D eigenvalue weighted by molar-refractivity contribution is -0.126. The van der Waals surface area contributed by atoms with E-state index in [1.54, 1.807) is 6.20 Å². The van der Waals surface area contributed by atoms with Crippen molar-refractivity contribution in [2.45, 2.75) is 25.1 Å². The molecule has 5 rings (SSSR count). The molecule has 2 aromatic rings. The number of nitrogens with one attached hydrogen (secondary N) is 1. The van der Waals surface area contributed by atoms with Gasteiger partial charge < -0.3 is 35.2 Å². The Hall–Kier alpha value is -3.44. The minimum absolute atomic E-state index is 0.0249. The monoisotopic (exact) mass is 494 g/mol. The highest BCUT2D eigenvalue weighted by Crippen LogP contribution is 2.30. The summed E-state index contributed by atoms with van der Waals surface area (Å²) in [5, 5.41) is 3.32. The normalized spacial score (nSPS) is 21.4. The number of likely N-dealkylation sites (N-methyl/N-ethyl adjacent to an activating group) is 2. The van der Waals surface area contributed by atoms with Crippen molar-refractivity contribution >= 4 is 23.4 Å². The van der Waals surface area contributed by atoms with Gasteiger partial charge in [0.15, 0.2) is 5.84 Å². The molecule has 3 aliphatic rings. The standard InChI is InChI=1S/C25H34N8O3/c1-31-9-11-33(12-10-31)24(34)23-28-16-22(32(23)2)30-25-27-8-5-20(29-25)17-3-4-21(19(26)15-17)36-18-6-13-35-14-7-18/h3-5,8,15,18,22H,6-7,9-14,16,26H2,1-2H3,(H,27,29,30). The number of hydrogen-bond donors (Lipinski definition) is 2. The number of carbonyl (C=O) groups is 1. The van der Waals surface area contributed by atoms with Gasteiger partial charge in [0.05, 0.1) is 31.1 Å². The molecule has 2 fully saturated rings.